The summed E-state index contributed by atoms with van der Waals surface area (Å²) in [4.78, 5) is 8.90. The monoisotopic (exact) mass is 184 g/mol. The van der Waals surface area contributed by atoms with Crippen LogP contribution >= 0.6 is 0 Å². The van der Waals surface area contributed by atoms with Crippen LogP contribution in [0, 0.1) is 0 Å². The number of nitrogens with one attached hydrogen (secondary N) is 1. The molecule has 0 aliphatic rings. The number of tetrazole rings is 1. The molecule has 0 aliphatic carbocycles. The number of carboxylic acids is 1. The van der Waals surface area contributed by atoms with Gasteiger partial charge in [-0.3, -0.25) is 0 Å². The van der Waals surface area contributed by atoms with Crippen LogP contribution in [0.2, 0.25) is 0 Å². The number of carbonyl (C=O) groups is 1. The first-order valence-corrected chi connectivity index (χ1v) is 2.41. The minimum absolute atomic E-state index is 1.33. The molecule has 0 fully saturated rings. The van der Waals surface area contributed by atoms with E-state index in [0.717, 1.165) is 0 Å². The van der Waals surface area contributed by atoms with E-state index in [4.69, 9.17) is 9.90 Å². The molecule has 12 heavy (non-hydrogen) atoms. The van der Waals surface area contributed by atoms with Gasteiger partial charge in [0.15, 0.2) is 6.33 Å². The molecule has 9 heteroatoms. The van der Waals surface area contributed by atoms with Gasteiger partial charge in [-0.2, -0.15) is 18.4 Å². The van der Waals surface area contributed by atoms with Gasteiger partial charge in [0.05, 0.1) is 0 Å². The van der Waals surface area contributed by atoms with Crippen molar-refractivity contribution in [2.45, 2.75) is 6.18 Å². The van der Waals surface area contributed by atoms with Gasteiger partial charge < -0.3 is 5.11 Å². The van der Waals surface area contributed by atoms with Crippen molar-refractivity contribution in [3.63, 3.8) is 0 Å². The molecule has 0 spiro atoms. The number of hydrogen-bond acceptors (Lipinski definition) is 4. The third-order valence-electron chi connectivity index (χ3n) is 0.512. The lowest BCUT2D eigenvalue weighted by molar-refractivity contribution is -0.192. The molecule has 1 aromatic rings. The molecule has 0 saturated heterocycles. The molecule has 0 unspecified atom stereocenters. The molecule has 1 heterocycles. The van der Waals surface area contributed by atoms with Crippen LogP contribution in [-0.4, -0.2) is 37.9 Å². The Morgan fingerprint density at radius 3 is 2.08 bits per heavy atom. The predicted molar refractivity (Wildman–Crippen MR) is 27.9 cm³/mol. The minimum atomic E-state index is -5.08. The maximum absolute atomic E-state index is 10.6. The first-order chi connectivity index (χ1) is 5.44. The summed E-state index contributed by atoms with van der Waals surface area (Å²) < 4.78 is 31.7. The minimum Gasteiger partial charge on any atom is -0.475 e. The number of aliphatic carboxylic acids is 1. The quantitative estimate of drug-likeness (QED) is 0.584. The standard InChI is InChI=1S/C2HF3O2.CH2N4/c3-2(4,5)1(6)7;1-2-4-5-3-1/h(H,6,7);1H,(H,2,3,4,5). The van der Waals surface area contributed by atoms with Gasteiger partial charge >= 0.3 is 12.1 Å². The van der Waals surface area contributed by atoms with E-state index >= 15 is 0 Å². The van der Waals surface area contributed by atoms with E-state index in [1.54, 1.807) is 0 Å². The zero-order chi connectivity index (χ0) is 9.61. The van der Waals surface area contributed by atoms with Gasteiger partial charge in [-0.1, -0.05) is 5.21 Å². The SMILES string of the molecule is O=C(O)C(F)(F)F.c1nn[nH]n1. The number of aromatic nitrogens is 4. The van der Waals surface area contributed by atoms with Crippen LogP contribution < -0.4 is 0 Å². The van der Waals surface area contributed by atoms with Crippen molar-refractivity contribution in [1.29, 1.82) is 0 Å². The third-order valence-corrected chi connectivity index (χ3v) is 0.512. The Hall–Kier alpha value is -1.67. The molecule has 0 bridgehead atoms. The van der Waals surface area contributed by atoms with Crippen LogP contribution in [0.5, 0.6) is 0 Å². The van der Waals surface area contributed by atoms with Crippen molar-refractivity contribution < 1.29 is 23.1 Å². The number of aromatic amines is 1. The highest BCUT2D eigenvalue weighted by molar-refractivity contribution is 5.73. The summed E-state index contributed by atoms with van der Waals surface area (Å²) in [5.74, 6) is -2.76. The van der Waals surface area contributed by atoms with Crippen LogP contribution in [0.3, 0.4) is 0 Å². The highest BCUT2D eigenvalue weighted by Crippen LogP contribution is 2.13. The number of halogens is 3. The summed E-state index contributed by atoms with van der Waals surface area (Å²) in [5.41, 5.74) is 0. The molecule has 1 aromatic heterocycles. The van der Waals surface area contributed by atoms with E-state index in [1.165, 1.54) is 6.33 Å². The highest BCUT2D eigenvalue weighted by atomic mass is 19.4. The average molecular weight is 184 g/mol. The second-order valence-electron chi connectivity index (χ2n) is 1.36. The number of H-pyrrole nitrogens is 1. The van der Waals surface area contributed by atoms with Crippen molar-refractivity contribution in [3.8, 4) is 0 Å². The Morgan fingerprint density at radius 1 is 1.50 bits per heavy atom. The van der Waals surface area contributed by atoms with Crippen molar-refractivity contribution >= 4 is 5.97 Å². The summed E-state index contributed by atoms with van der Waals surface area (Å²) >= 11 is 0. The van der Waals surface area contributed by atoms with Crippen LogP contribution in [0.25, 0.3) is 0 Å². The predicted octanol–water partition coefficient (Wildman–Crippen LogP) is -0.167. The van der Waals surface area contributed by atoms with Gasteiger partial charge in [-0.25, -0.2) is 4.79 Å². The molecule has 0 saturated carbocycles. The summed E-state index contributed by atoms with van der Waals surface area (Å²) in [6, 6.07) is 0. The van der Waals surface area contributed by atoms with Crippen LogP contribution in [-0.2, 0) is 4.79 Å². The van der Waals surface area contributed by atoms with E-state index in [0.29, 0.717) is 0 Å². The summed E-state index contributed by atoms with van der Waals surface area (Å²) in [7, 11) is 0. The Kier molecular flexibility index (Phi) is 3.67. The van der Waals surface area contributed by atoms with Crippen LogP contribution in [0.15, 0.2) is 6.33 Å². The van der Waals surface area contributed by atoms with Gasteiger partial charge in [0.2, 0.25) is 0 Å². The fourth-order valence-corrected chi connectivity index (χ4v) is 0.129. The molecular formula is C3H3F3N4O2. The average Bonchev–Trinajstić information content (AvgIpc) is 2.39. The molecule has 68 valence electrons. The maximum atomic E-state index is 10.6. The highest BCUT2D eigenvalue weighted by Gasteiger charge is 2.38. The third kappa shape index (κ3) is 5.14. The molecule has 0 aliphatic heterocycles. The van der Waals surface area contributed by atoms with Crippen molar-refractivity contribution in [3.05, 3.63) is 6.33 Å². The second-order valence-corrected chi connectivity index (χ2v) is 1.36. The number of rotatable bonds is 0. The van der Waals surface area contributed by atoms with Gasteiger partial charge in [0.25, 0.3) is 0 Å². The largest absolute Gasteiger partial charge is 0.490 e. The van der Waals surface area contributed by atoms with Crippen molar-refractivity contribution in [1.82, 2.24) is 20.6 Å². The number of hydrogen-bond donors (Lipinski definition) is 2. The Labute approximate surface area is 63.4 Å². The van der Waals surface area contributed by atoms with Crippen LogP contribution in [0.1, 0.15) is 0 Å². The molecule has 0 radical (unpaired) electrons. The Morgan fingerprint density at radius 2 is 2.00 bits per heavy atom. The van der Waals surface area contributed by atoms with E-state index in [2.05, 4.69) is 20.6 Å². The molecule has 6 nitrogen and oxygen atoms in total. The molecule has 1 rings (SSSR count). The summed E-state index contributed by atoms with van der Waals surface area (Å²) in [5, 5.41) is 19.3. The fraction of sp³-hybridized carbons (Fsp3) is 0.333. The van der Waals surface area contributed by atoms with Gasteiger partial charge in [0.1, 0.15) is 0 Å². The normalized spacial score (nSPS) is 9.92. The first-order valence-electron chi connectivity index (χ1n) is 2.41. The number of alkyl halides is 3. The molecule has 0 atom stereocenters. The van der Waals surface area contributed by atoms with Crippen molar-refractivity contribution in [2.75, 3.05) is 0 Å². The fourth-order valence-electron chi connectivity index (χ4n) is 0.129. The van der Waals surface area contributed by atoms with Crippen molar-refractivity contribution in [2.24, 2.45) is 0 Å². The van der Waals surface area contributed by atoms with Gasteiger partial charge in [-0.05, 0) is 0 Å². The van der Waals surface area contributed by atoms with E-state index < -0.39 is 12.1 Å². The zero-order valence-corrected chi connectivity index (χ0v) is 5.41. The Balaban J connectivity index is 0.000000211. The van der Waals surface area contributed by atoms with Crippen LogP contribution in [0.4, 0.5) is 13.2 Å². The van der Waals surface area contributed by atoms with E-state index in [1.807, 2.05) is 0 Å². The van der Waals surface area contributed by atoms with Gasteiger partial charge in [-0.15, -0.1) is 10.2 Å². The van der Waals surface area contributed by atoms with E-state index in [9.17, 15) is 13.2 Å². The Bertz CT molecular complexity index is 203. The topological polar surface area (TPSA) is 91.8 Å². The second kappa shape index (κ2) is 4.26. The lowest BCUT2D eigenvalue weighted by atomic mass is 10.7. The lowest BCUT2D eigenvalue weighted by Gasteiger charge is -1.93. The van der Waals surface area contributed by atoms with Gasteiger partial charge in [0, 0.05) is 0 Å². The summed E-state index contributed by atoms with van der Waals surface area (Å²) in [6.45, 7) is 0. The molecule has 0 aromatic carbocycles. The summed E-state index contributed by atoms with van der Waals surface area (Å²) in [6.07, 6.45) is -3.75. The molecular weight excluding hydrogens is 181 g/mol. The molecule has 2 N–H and O–H groups in total. The number of carboxylic acid groups (broad SMARTS) is 1. The number of nitrogens with zero attached hydrogens (tertiary/aromatic N) is 3. The molecule has 0 amide bonds. The first kappa shape index (κ1) is 10.3. The zero-order valence-electron chi connectivity index (χ0n) is 5.41. The smallest absolute Gasteiger partial charge is 0.475 e. The van der Waals surface area contributed by atoms with E-state index in [-0.39, 0.29) is 0 Å². The lowest BCUT2D eigenvalue weighted by Crippen LogP contribution is -2.21. The maximum Gasteiger partial charge on any atom is 0.490 e.